The fraction of sp³-hybridized carbons (Fsp3) is 0.778. The van der Waals surface area contributed by atoms with Gasteiger partial charge in [0.05, 0.1) is 13.2 Å². The summed E-state index contributed by atoms with van der Waals surface area (Å²) in [4.78, 5) is 0. The molecule has 2 nitrogen and oxygen atoms in total. The lowest BCUT2D eigenvalue weighted by atomic mass is 10.1. The minimum atomic E-state index is 0.694. The quantitative estimate of drug-likeness (QED) is 0.588. The minimum Gasteiger partial charge on any atom is -0.381 e. The molecule has 0 aromatic carbocycles. The number of ether oxygens (including phenoxy) is 1. The van der Waals surface area contributed by atoms with Crippen molar-refractivity contribution in [2.24, 2.45) is 5.92 Å². The van der Waals surface area contributed by atoms with Gasteiger partial charge in [-0.25, -0.2) is 0 Å². The average Bonchev–Trinajstić information content (AvgIpc) is 2.50. The van der Waals surface area contributed by atoms with E-state index in [4.69, 9.17) is 4.74 Å². The van der Waals surface area contributed by atoms with Crippen molar-refractivity contribution in [3.8, 4) is 11.8 Å². The Bertz CT molecular complexity index is 151. The van der Waals surface area contributed by atoms with Crippen LogP contribution in [0.15, 0.2) is 0 Å². The highest BCUT2D eigenvalue weighted by atomic mass is 16.5. The monoisotopic (exact) mass is 153 g/mol. The van der Waals surface area contributed by atoms with Gasteiger partial charge < -0.3 is 10.1 Å². The first-order chi connectivity index (χ1) is 5.43. The van der Waals surface area contributed by atoms with E-state index in [0.717, 1.165) is 26.2 Å². The van der Waals surface area contributed by atoms with Crippen molar-refractivity contribution >= 4 is 0 Å². The Balaban J connectivity index is 2.06. The SMILES string of the molecule is CNCC#CCC1CCOC1. The van der Waals surface area contributed by atoms with Crippen molar-refractivity contribution < 1.29 is 4.74 Å². The van der Waals surface area contributed by atoms with Gasteiger partial charge in [-0.3, -0.25) is 0 Å². The third-order valence-corrected chi connectivity index (χ3v) is 1.80. The van der Waals surface area contributed by atoms with Gasteiger partial charge in [-0.2, -0.15) is 0 Å². The Labute approximate surface area is 68.3 Å². The lowest BCUT2D eigenvalue weighted by molar-refractivity contribution is 0.186. The lowest BCUT2D eigenvalue weighted by Gasteiger charge is -1.98. The van der Waals surface area contributed by atoms with Crippen LogP contribution in [-0.4, -0.2) is 26.8 Å². The van der Waals surface area contributed by atoms with Crippen molar-refractivity contribution in [1.82, 2.24) is 5.32 Å². The van der Waals surface area contributed by atoms with Crippen molar-refractivity contribution in [3.63, 3.8) is 0 Å². The zero-order chi connectivity index (χ0) is 7.94. The second kappa shape index (κ2) is 5.17. The molecule has 0 amide bonds. The van der Waals surface area contributed by atoms with Gasteiger partial charge in [0.25, 0.3) is 0 Å². The van der Waals surface area contributed by atoms with Gasteiger partial charge in [-0.1, -0.05) is 5.92 Å². The highest BCUT2D eigenvalue weighted by Crippen LogP contribution is 2.14. The molecule has 1 fully saturated rings. The maximum Gasteiger partial charge on any atom is 0.0574 e. The second-order valence-corrected chi connectivity index (χ2v) is 2.82. The van der Waals surface area contributed by atoms with Crippen LogP contribution < -0.4 is 5.32 Å². The molecular weight excluding hydrogens is 138 g/mol. The van der Waals surface area contributed by atoms with E-state index in [1.807, 2.05) is 7.05 Å². The van der Waals surface area contributed by atoms with Gasteiger partial charge in [-0.05, 0) is 19.4 Å². The van der Waals surface area contributed by atoms with Crippen LogP contribution >= 0.6 is 0 Å². The first-order valence-corrected chi connectivity index (χ1v) is 4.11. The molecule has 11 heavy (non-hydrogen) atoms. The molecule has 0 aromatic heterocycles. The maximum absolute atomic E-state index is 5.23. The molecular formula is C9H15NO. The fourth-order valence-corrected chi connectivity index (χ4v) is 1.11. The summed E-state index contributed by atoms with van der Waals surface area (Å²) >= 11 is 0. The van der Waals surface area contributed by atoms with Gasteiger partial charge in [0, 0.05) is 13.0 Å². The summed E-state index contributed by atoms with van der Waals surface area (Å²) < 4.78 is 5.23. The summed E-state index contributed by atoms with van der Waals surface area (Å²) in [6.45, 7) is 2.64. The molecule has 62 valence electrons. The molecule has 1 N–H and O–H groups in total. The predicted octanol–water partition coefficient (Wildman–Crippen LogP) is 0.636. The standard InChI is InChI=1S/C9H15NO/c1-10-6-3-2-4-9-5-7-11-8-9/h9-10H,4-8H2,1H3. The summed E-state index contributed by atoms with van der Waals surface area (Å²) in [5.41, 5.74) is 0. The van der Waals surface area contributed by atoms with Crippen molar-refractivity contribution in [2.45, 2.75) is 12.8 Å². The van der Waals surface area contributed by atoms with Gasteiger partial charge in [0.1, 0.15) is 0 Å². The lowest BCUT2D eigenvalue weighted by Crippen LogP contribution is -2.04. The van der Waals surface area contributed by atoms with Crippen LogP contribution in [0.1, 0.15) is 12.8 Å². The Morgan fingerprint density at radius 2 is 2.45 bits per heavy atom. The molecule has 1 atom stereocenters. The van der Waals surface area contributed by atoms with E-state index in [0.29, 0.717) is 5.92 Å². The van der Waals surface area contributed by atoms with Gasteiger partial charge in [-0.15, -0.1) is 5.92 Å². The maximum atomic E-state index is 5.23. The van der Waals surface area contributed by atoms with Gasteiger partial charge in [0.15, 0.2) is 0 Å². The van der Waals surface area contributed by atoms with Crippen LogP contribution in [0.4, 0.5) is 0 Å². The van der Waals surface area contributed by atoms with Crippen LogP contribution in [0.2, 0.25) is 0 Å². The molecule has 1 rings (SSSR count). The van der Waals surface area contributed by atoms with E-state index in [2.05, 4.69) is 17.2 Å². The van der Waals surface area contributed by atoms with E-state index >= 15 is 0 Å². The molecule has 0 aliphatic carbocycles. The number of hydrogen-bond donors (Lipinski definition) is 1. The summed E-state index contributed by atoms with van der Waals surface area (Å²) in [7, 11) is 1.91. The zero-order valence-corrected chi connectivity index (χ0v) is 7.02. The largest absolute Gasteiger partial charge is 0.381 e. The van der Waals surface area contributed by atoms with Crippen molar-refractivity contribution in [2.75, 3.05) is 26.8 Å². The average molecular weight is 153 g/mol. The molecule has 1 heterocycles. The first-order valence-electron chi connectivity index (χ1n) is 4.11. The highest BCUT2D eigenvalue weighted by molar-refractivity contribution is 5.01. The first kappa shape index (κ1) is 8.58. The topological polar surface area (TPSA) is 21.3 Å². The summed E-state index contributed by atoms with van der Waals surface area (Å²) in [6, 6.07) is 0. The van der Waals surface area contributed by atoms with Crippen LogP contribution in [0.25, 0.3) is 0 Å². The molecule has 0 saturated carbocycles. The fourth-order valence-electron chi connectivity index (χ4n) is 1.11. The molecule has 2 heteroatoms. The van der Waals surface area contributed by atoms with Crippen LogP contribution in [0, 0.1) is 17.8 Å². The molecule has 0 bridgehead atoms. The molecule has 1 saturated heterocycles. The molecule has 1 unspecified atom stereocenters. The third kappa shape index (κ3) is 3.41. The van der Waals surface area contributed by atoms with Crippen LogP contribution in [-0.2, 0) is 4.74 Å². The zero-order valence-electron chi connectivity index (χ0n) is 7.02. The number of hydrogen-bond acceptors (Lipinski definition) is 2. The van der Waals surface area contributed by atoms with Crippen LogP contribution in [0.5, 0.6) is 0 Å². The minimum absolute atomic E-state index is 0.694. The Morgan fingerprint density at radius 3 is 3.09 bits per heavy atom. The Kier molecular flexibility index (Phi) is 4.03. The molecule has 1 aliphatic rings. The Morgan fingerprint density at radius 1 is 1.55 bits per heavy atom. The summed E-state index contributed by atoms with van der Waals surface area (Å²) in [5.74, 6) is 6.87. The third-order valence-electron chi connectivity index (χ3n) is 1.80. The summed E-state index contributed by atoms with van der Waals surface area (Å²) in [6.07, 6.45) is 2.19. The number of rotatable bonds is 2. The number of nitrogens with one attached hydrogen (secondary N) is 1. The van der Waals surface area contributed by atoms with E-state index in [1.54, 1.807) is 0 Å². The molecule has 0 spiro atoms. The van der Waals surface area contributed by atoms with Crippen LogP contribution in [0.3, 0.4) is 0 Å². The van der Waals surface area contributed by atoms with Crippen molar-refractivity contribution in [1.29, 1.82) is 0 Å². The van der Waals surface area contributed by atoms with E-state index in [9.17, 15) is 0 Å². The second-order valence-electron chi connectivity index (χ2n) is 2.82. The summed E-state index contributed by atoms with van der Waals surface area (Å²) in [5, 5.41) is 2.99. The van der Waals surface area contributed by atoms with E-state index in [-0.39, 0.29) is 0 Å². The van der Waals surface area contributed by atoms with Crippen molar-refractivity contribution in [3.05, 3.63) is 0 Å². The smallest absolute Gasteiger partial charge is 0.0574 e. The molecule has 0 radical (unpaired) electrons. The van der Waals surface area contributed by atoms with E-state index < -0.39 is 0 Å². The molecule has 0 aromatic rings. The van der Waals surface area contributed by atoms with Gasteiger partial charge >= 0.3 is 0 Å². The normalized spacial score (nSPS) is 22.8. The Hall–Kier alpha value is -0.520. The molecule has 1 aliphatic heterocycles. The highest BCUT2D eigenvalue weighted by Gasteiger charge is 2.13. The van der Waals surface area contributed by atoms with Gasteiger partial charge in [0.2, 0.25) is 0 Å². The van der Waals surface area contributed by atoms with E-state index in [1.165, 1.54) is 6.42 Å². The predicted molar refractivity (Wildman–Crippen MR) is 45.2 cm³/mol.